The maximum absolute atomic E-state index is 10.5. The molecule has 102 valence electrons. The summed E-state index contributed by atoms with van der Waals surface area (Å²) in [5, 5.41) is 19.7. The highest BCUT2D eigenvalue weighted by Gasteiger charge is 2.32. The largest absolute Gasteiger partial charge is 0.388 e. The molecule has 1 saturated heterocycles. The molecule has 0 unspecified atom stereocenters. The van der Waals surface area contributed by atoms with E-state index >= 15 is 0 Å². The Morgan fingerprint density at radius 1 is 1.53 bits per heavy atom. The Labute approximate surface area is 113 Å². The highest BCUT2D eigenvalue weighted by Crippen LogP contribution is 2.25. The van der Waals surface area contributed by atoms with Crippen LogP contribution >= 0.6 is 0 Å². The molecular weight excluding hydrogens is 242 g/mol. The Morgan fingerprint density at radius 3 is 2.84 bits per heavy atom. The lowest BCUT2D eigenvalue weighted by Crippen LogP contribution is -2.46. The Bertz CT molecular complexity index is 490. The molecule has 0 saturated carbocycles. The second-order valence-electron chi connectivity index (χ2n) is 5.13. The van der Waals surface area contributed by atoms with Gasteiger partial charge in [-0.1, -0.05) is 0 Å². The average molecular weight is 261 g/mol. The van der Waals surface area contributed by atoms with E-state index in [9.17, 15) is 10.4 Å². The molecule has 5 nitrogen and oxygen atoms in total. The van der Waals surface area contributed by atoms with Gasteiger partial charge in [-0.2, -0.15) is 5.26 Å². The fourth-order valence-electron chi connectivity index (χ4n) is 2.40. The van der Waals surface area contributed by atoms with Crippen molar-refractivity contribution in [3.8, 4) is 6.07 Å². The molecule has 1 aliphatic rings. The van der Waals surface area contributed by atoms with Crippen molar-refractivity contribution < 1.29 is 9.84 Å². The summed E-state index contributed by atoms with van der Waals surface area (Å²) in [6, 6.07) is 4.00. The first-order chi connectivity index (χ1) is 9.06. The number of aryl methyl sites for hydroxylation is 1. The highest BCUT2D eigenvalue weighted by molar-refractivity contribution is 5.56. The zero-order valence-electron chi connectivity index (χ0n) is 11.4. The van der Waals surface area contributed by atoms with Crippen LogP contribution in [-0.2, 0) is 4.74 Å². The van der Waals surface area contributed by atoms with Crippen LogP contribution < -0.4 is 4.90 Å². The van der Waals surface area contributed by atoms with Crippen molar-refractivity contribution in [2.75, 3.05) is 31.7 Å². The predicted molar refractivity (Wildman–Crippen MR) is 72.0 cm³/mol. The smallest absolute Gasteiger partial charge is 0.146 e. The number of aromatic nitrogens is 1. The summed E-state index contributed by atoms with van der Waals surface area (Å²) < 4.78 is 5.27. The van der Waals surface area contributed by atoms with Gasteiger partial charge in [-0.3, -0.25) is 0 Å². The molecule has 5 heteroatoms. The molecule has 0 bridgehead atoms. The lowest BCUT2D eigenvalue weighted by molar-refractivity contribution is -0.0573. The van der Waals surface area contributed by atoms with E-state index in [-0.39, 0.29) is 0 Å². The Kier molecular flexibility index (Phi) is 4.03. The van der Waals surface area contributed by atoms with Gasteiger partial charge < -0.3 is 14.7 Å². The van der Waals surface area contributed by atoms with Gasteiger partial charge in [0.15, 0.2) is 0 Å². The molecular formula is C14H19N3O2. The van der Waals surface area contributed by atoms with Crippen molar-refractivity contribution in [3.63, 3.8) is 0 Å². The molecule has 0 aliphatic carbocycles. The minimum Gasteiger partial charge on any atom is -0.388 e. The van der Waals surface area contributed by atoms with Gasteiger partial charge in [-0.25, -0.2) is 4.98 Å². The van der Waals surface area contributed by atoms with Crippen molar-refractivity contribution in [1.29, 1.82) is 5.26 Å². The zero-order chi connectivity index (χ0) is 13.9. The predicted octanol–water partition coefficient (Wildman–Crippen LogP) is 1.24. The standard InChI is InChI=1S/C14H19N3O2/c1-11-3-6-16-13(12(11)9-15)17(2)10-14(18)4-7-19-8-5-14/h3,6,18H,4-5,7-8,10H2,1-2H3. The van der Waals surface area contributed by atoms with E-state index in [1.807, 2.05) is 24.9 Å². The number of rotatable bonds is 3. The molecule has 0 spiro atoms. The number of pyridine rings is 1. The molecule has 0 radical (unpaired) electrons. The van der Waals surface area contributed by atoms with E-state index in [1.165, 1.54) is 0 Å². The number of nitrogens with zero attached hydrogens (tertiary/aromatic N) is 3. The van der Waals surface area contributed by atoms with Crippen LogP contribution in [0.25, 0.3) is 0 Å². The number of aliphatic hydroxyl groups is 1. The van der Waals surface area contributed by atoms with Crippen molar-refractivity contribution in [2.45, 2.75) is 25.4 Å². The molecule has 2 rings (SSSR count). The molecule has 1 N–H and O–H groups in total. The van der Waals surface area contributed by atoms with Crippen LogP contribution in [0.4, 0.5) is 5.82 Å². The van der Waals surface area contributed by atoms with Crippen LogP contribution in [0.2, 0.25) is 0 Å². The van der Waals surface area contributed by atoms with E-state index < -0.39 is 5.60 Å². The zero-order valence-corrected chi connectivity index (χ0v) is 11.4. The lowest BCUT2D eigenvalue weighted by atomic mass is 9.94. The minimum absolute atomic E-state index is 0.460. The first-order valence-electron chi connectivity index (χ1n) is 6.43. The van der Waals surface area contributed by atoms with E-state index in [0.29, 0.717) is 44.0 Å². The number of hydrogen-bond donors (Lipinski definition) is 1. The summed E-state index contributed by atoms with van der Waals surface area (Å²) in [6.07, 6.45) is 2.92. The number of anilines is 1. The SMILES string of the molecule is Cc1ccnc(N(C)CC2(O)CCOCC2)c1C#N. The van der Waals surface area contributed by atoms with Crippen molar-refractivity contribution in [1.82, 2.24) is 4.98 Å². The average Bonchev–Trinajstić information content (AvgIpc) is 2.38. The van der Waals surface area contributed by atoms with E-state index in [1.54, 1.807) is 6.20 Å². The normalized spacial score (nSPS) is 17.8. The van der Waals surface area contributed by atoms with Crippen LogP contribution in [0.15, 0.2) is 12.3 Å². The third-order valence-corrected chi connectivity index (χ3v) is 3.57. The van der Waals surface area contributed by atoms with Gasteiger partial charge in [0.1, 0.15) is 11.9 Å². The first kappa shape index (κ1) is 13.8. The van der Waals surface area contributed by atoms with E-state index in [0.717, 1.165) is 5.56 Å². The maximum atomic E-state index is 10.5. The summed E-state index contributed by atoms with van der Waals surface area (Å²) in [4.78, 5) is 6.13. The van der Waals surface area contributed by atoms with E-state index in [2.05, 4.69) is 11.1 Å². The summed E-state index contributed by atoms with van der Waals surface area (Å²) in [6.45, 7) is 3.51. The highest BCUT2D eigenvalue weighted by atomic mass is 16.5. The first-order valence-corrected chi connectivity index (χ1v) is 6.43. The Morgan fingerprint density at radius 2 is 2.21 bits per heavy atom. The van der Waals surface area contributed by atoms with Crippen LogP contribution in [-0.4, -0.2) is 42.5 Å². The van der Waals surface area contributed by atoms with Gasteiger partial charge in [0.05, 0.1) is 11.2 Å². The van der Waals surface area contributed by atoms with Crippen molar-refractivity contribution >= 4 is 5.82 Å². The number of ether oxygens (including phenoxy) is 1. The third kappa shape index (κ3) is 3.03. The van der Waals surface area contributed by atoms with Gasteiger partial charge in [0, 0.05) is 45.8 Å². The van der Waals surface area contributed by atoms with Crippen molar-refractivity contribution in [2.24, 2.45) is 0 Å². The molecule has 19 heavy (non-hydrogen) atoms. The molecule has 2 heterocycles. The molecule has 1 aromatic rings. The number of nitriles is 1. The van der Waals surface area contributed by atoms with Gasteiger partial charge >= 0.3 is 0 Å². The van der Waals surface area contributed by atoms with Crippen LogP contribution in [0, 0.1) is 18.3 Å². The molecule has 0 aromatic carbocycles. The van der Waals surface area contributed by atoms with Crippen LogP contribution in [0.3, 0.4) is 0 Å². The Hall–Kier alpha value is -1.64. The van der Waals surface area contributed by atoms with Crippen LogP contribution in [0.1, 0.15) is 24.0 Å². The summed E-state index contributed by atoms with van der Waals surface area (Å²) in [5.41, 5.74) is 0.712. The Balaban J connectivity index is 2.18. The topological polar surface area (TPSA) is 69.4 Å². The second kappa shape index (κ2) is 5.55. The summed E-state index contributed by atoms with van der Waals surface area (Å²) in [5.74, 6) is 0.627. The second-order valence-corrected chi connectivity index (χ2v) is 5.13. The number of hydrogen-bond acceptors (Lipinski definition) is 5. The summed E-state index contributed by atoms with van der Waals surface area (Å²) >= 11 is 0. The molecule has 1 aromatic heterocycles. The van der Waals surface area contributed by atoms with Gasteiger partial charge in [0.2, 0.25) is 0 Å². The van der Waals surface area contributed by atoms with Crippen molar-refractivity contribution in [3.05, 3.63) is 23.4 Å². The fourth-order valence-corrected chi connectivity index (χ4v) is 2.40. The molecule has 0 atom stereocenters. The monoisotopic (exact) mass is 261 g/mol. The van der Waals surface area contributed by atoms with Gasteiger partial charge in [-0.05, 0) is 18.6 Å². The molecule has 1 fully saturated rings. The van der Waals surface area contributed by atoms with E-state index in [4.69, 9.17) is 4.74 Å². The third-order valence-electron chi connectivity index (χ3n) is 3.57. The summed E-state index contributed by atoms with van der Waals surface area (Å²) in [7, 11) is 1.86. The maximum Gasteiger partial charge on any atom is 0.146 e. The number of likely N-dealkylation sites (N-methyl/N-ethyl adjacent to an activating group) is 1. The van der Waals surface area contributed by atoms with Gasteiger partial charge in [0.25, 0.3) is 0 Å². The minimum atomic E-state index is -0.759. The lowest BCUT2D eigenvalue weighted by Gasteiger charge is -2.36. The molecule has 0 amide bonds. The van der Waals surface area contributed by atoms with Gasteiger partial charge in [-0.15, -0.1) is 0 Å². The quantitative estimate of drug-likeness (QED) is 0.886. The van der Waals surface area contributed by atoms with Crippen LogP contribution in [0.5, 0.6) is 0 Å². The fraction of sp³-hybridized carbons (Fsp3) is 0.571. The molecule has 1 aliphatic heterocycles.